The maximum absolute atomic E-state index is 13.2. The van der Waals surface area contributed by atoms with E-state index in [1.807, 2.05) is 0 Å². The molecule has 0 saturated heterocycles. The van der Waals surface area contributed by atoms with Gasteiger partial charge in [-0.25, -0.2) is 4.39 Å². The van der Waals surface area contributed by atoms with E-state index in [4.69, 9.17) is 0 Å². The number of nitrogens with zero attached hydrogens (tertiary/aromatic N) is 1. The van der Waals surface area contributed by atoms with Gasteiger partial charge >= 0.3 is 5.91 Å². The molecule has 14 heavy (non-hydrogen) atoms. The molecule has 0 fully saturated rings. The quantitative estimate of drug-likeness (QED) is 0.705. The first-order chi connectivity index (χ1) is 6.66. The molecule has 1 amide bonds. The summed E-state index contributed by atoms with van der Waals surface area (Å²) in [6.07, 6.45) is 0. The molecule has 4 heteroatoms. The third-order valence-electron chi connectivity index (χ3n) is 1.67. The summed E-state index contributed by atoms with van der Waals surface area (Å²) in [4.78, 5) is 14.7. The number of carbonyl (C=O) groups excluding carboxylic acids is 1. The van der Waals surface area contributed by atoms with Crippen LogP contribution in [0.1, 0.15) is 0 Å². The first-order valence-electron chi connectivity index (χ1n) is 3.80. The van der Waals surface area contributed by atoms with Gasteiger partial charge in [-0.15, -0.1) is 0 Å². The molecular formula is C10H7BrFNO. The van der Waals surface area contributed by atoms with Crippen LogP contribution in [0, 0.1) is 16.6 Å². The van der Waals surface area contributed by atoms with Gasteiger partial charge in [-0.3, -0.25) is 4.79 Å². The lowest BCUT2D eigenvalue weighted by Crippen LogP contribution is -2.25. The van der Waals surface area contributed by atoms with Gasteiger partial charge in [-0.2, -0.15) is 0 Å². The molecule has 0 unspecified atom stereocenters. The summed E-state index contributed by atoms with van der Waals surface area (Å²) in [7, 11) is 1.47. The fourth-order valence-electron chi connectivity index (χ4n) is 0.957. The van der Waals surface area contributed by atoms with E-state index in [2.05, 4.69) is 26.7 Å². The topological polar surface area (TPSA) is 20.3 Å². The molecule has 0 aliphatic rings. The van der Waals surface area contributed by atoms with Gasteiger partial charge in [-0.05, 0) is 17.0 Å². The molecule has 1 aromatic rings. The molecule has 1 aromatic carbocycles. The van der Waals surface area contributed by atoms with Crippen LogP contribution < -0.4 is 4.90 Å². The van der Waals surface area contributed by atoms with Gasteiger partial charge in [0, 0.05) is 28.9 Å². The minimum atomic E-state index is -0.466. The van der Waals surface area contributed by atoms with Crippen molar-refractivity contribution in [3.63, 3.8) is 0 Å². The Morgan fingerprint density at radius 3 is 2.71 bits per heavy atom. The summed E-state index contributed by atoms with van der Waals surface area (Å²) in [6, 6.07) is 6.03. The molecule has 0 N–H and O–H groups in total. The molecule has 0 radical (unpaired) electrons. The van der Waals surface area contributed by atoms with Gasteiger partial charge in [0.25, 0.3) is 0 Å². The predicted octanol–water partition coefficient (Wildman–Crippen LogP) is 2.14. The molecule has 0 aromatic heterocycles. The standard InChI is InChI=1S/C10H7BrFNO/c1-13(10(14)6-7-11)9-5-3-2-4-8(9)12/h2-5H,1H3. The van der Waals surface area contributed by atoms with Gasteiger partial charge in [0.15, 0.2) is 0 Å². The summed E-state index contributed by atoms with van der Waals surface area (Å²) in [5, 5.41) is 0. The molecule has 0 heterocycles. The smallest absolute Gasteiger partial charge is 0.302 e. The minimum Gasteiger partial charge on any atom is -0.302 e. The van der Waals surface area contributed by atoms with Crippen LogP contribution in [-0.4, -0.2) is 13.0 Å². The van der Waals surface area contributed by atoms with Crippen molar-refractivity contribution >= 4 is 27.5 Å². The number of rotatable bonds is 1. The summed E-state index contributed by atoms with van der Waals surface area (Å²) in [5.41, 5.74) is 0.216. The number of benzene rings is 1. The Kier molecular flexibility index (Phi) is 3.66. The van der Waals surface area contributed by atoms with Crippen LogP contribution in [0.4, 0.5) is 10.1 Å². The Bertz CT molecular complexity index is 408. The normalized spacial score (nSPS) is 8.79. The van der Waals surface area contributed by atoms with E-state index in [1.165, 1.54) is 19.2 Å². The highest BCUT2D eigenvalue weighted by molar-refractivity contribution is 9.12. The lowest BCUT2D eigenvalue weighted by molar-refractivity contribution is -0.113. The Labute approximate surface area is 89.8 Å². The van der Waals surface area contributed by atoms with Crippen molar-refractivity contribution in [2.45, 2.75) is 0 Å². The second kappa shape index (κ2) is 4.77. The molecule has 0 atom stereocenters. The third kappa shape index (κ3) is 2.33. The van der Waals surface area contributed by atoms with Crippen LogP contribution in [0.2, 0.25) is 0 Å². The average molecular weight is 256 g/mol. The molecule has 1 rings (SSSR count). The van der Waals surface area contributed by atoms with Crippen LogP contribution in [-0.2, 0) is 4.79 Å². The maximum Gasteiger partial charge on any atom is 0.303 e. The van der Waals surface area contributed by atoms with E-state index in [-0.39, 0.29) is 5.69 Å². The molecular weight excluding hydrogens is 249 g/mol. The van der Waals surface area contributed by atoms with Crippen LogP contribution in [0.15, 0.2) is 24.3 Å². The molecule has 0 spiro atoms. The largest absolute Gasteiger partial charge is 0.303 e. The van der Waals surface area contributed by atoms with Gasteiger partial charge in [0.05, 0.1) is 5.69 Å². The second-order valence-electron chi connectivity index (χ2n) is 2.54. The van der Waals surface area contributed by atoms with Crippen molar-refractivity contribution in [2.75, 3.05) is 11.9 Å². The summed E-state index contributed by atoms with van der Waals surface area (Å²) < 4.78 is 13.2. The van der Waals surface area contributed by atoms with Crippen molar-refractivity contribution in [1.29, 1.82) is 0 Å². The predicted molar refractivity (Wildman–Crippen MR) is 56.5 cm³/mol. The second-order valence-corrected chi connectivity index (χ2v) is 2.93. The Morgan fingerprint density at radius 1 is 1.50 bits per heavy atom. The summed E-state index contributed by atoms with van der Waals surface area (Å²) in [5.74, 6) is 1.35. The van der Waals surface area contributed by atoms with Crippen molar-refractivity contribution in [2.24, 2.45) is 0 Å². The van der Waals surface area contributed by atoms with E-state index in [0.29, 0.717) is 0 Å². The number of anilines is 1. The number of hydrogen-bond acceptors (Lipinski definition) is 1. The third-order valence-corrected chi connectivity index (χ3v) is 1.87. The molecule has 0 bridgehead atoms. The monoisotopic (exact) mass is 255 g/mol. The van der Waals surface area contributed by atoms with E-state index < -0.39 is 11.7 Å². The van der Waals surface area contributed by atoms with E-state index >= 15 is 0 Å². The van der Waals surface area contributed by atoms with Crippen molar-refractivity contribution < 1.29 is 9.18 Å². The lowest BCUT2D eigenvalue weighted by atomic mass is 10.3. The number of hydrogen-bond donors (Lipinski definition) is 0. The first-order valence-corrected chi connectivity index (χ1v) is 4.60. The molecule has 0 aliphatic heterocycles. The van der Waals surface area contributed by atoms with Crippen molar-refractivity contribution in [3.8, 4) is 10.8 Å². The zero-order valence-corrected chi connectivity index (χ0v) is 9.01. The van der Waals surface area contributed by atoms with E-state index in [1.54, 1.807) is 12.1 Å². The van der Waals surface area contributed by atoms with Crippen LogP contribution >= 0.6 is 15.9 Å². The molecule has 2 nitrogen and oxygen atoms in total. The maximum atomic E-state index is 13.2. The first kappa shape index (κ1) is 10.7. The number of halogens is 2. The Balaban J connectivity index is 2.98. The fraction of sp³-hybridized carbons (Fsp3) is 0.100. The highest BCUT2D eigenvalue weighted by Crippen LogP contribution is 2.16. The van der Waals surface area contributed by atoms with Crippen molar-refractivity contribution in [1.82, 2.24) is 0 Å². The summed E-state index contributed by atoms with van der Waals surface area (Å²) in [6.45, 7) is 0. The number of para-hydroxylation sites is 1. The Morgan fingerprint density at radius 2 is 2.14 bits per heavy atom. The number of carbonyl (C=O) groups is 1. The fourth-order valence-corrected chi connectivity index (χ4v) is 1.13. The molecule has 0 aliphatic carbocycles. The zero-order valence-electron chi connectivity index (χ0n) is 7.42. The highest BCUT2D eigenvalue weighted by Gasteiger charge is 2.11. The van der Waals surface area contributed by atoms with Gasteiger partial charge in [0.2, 0.25) is 0 Å². The SMILES string of the molecule is CN(C(=O)C#CBr)c1ccccc1F. The minimum absolute atomic E-state index is 0.216. The van der Waals surface area contributed by atoms with E-state index in [0.717, 1.165) is 4.90 Å². The van der Waals surface area contributed by atoms with E-state index in [9.17, 15) is 9.18 Å². The van der Waals surface area contributed by atoms with Crippen LogP contribution in [0.5, 0.6) is 0 Å². The average Bonchev–Trinajstić information content (AvgIpc) is 2.18. The zero-order chi connectivity index (χ0) is 10.6. The van der Waals surface area contributed by atoms with Gasteiger partial charge in [-0.1, -0.05) is 12.1 Å². The van der Waals surface area contributed by atoms with Gasteiger partial charge < -0.3 is 4.90 Å². The Hall–Kier alpha value is -1.34. The van der Waals surface area contributed by atoms with Crippen molar-refractivity contribution in [3.05, 3.63) is 30.1 Å². The molecule has 72 valence electrons. The van der Waals surface area contributed by atoms with Crippen LogP contribution in [0.25, 0.3) is 0 Å². The lowest BCUT2D eigenvalue weighted by Gasteiger charge is -2.14. The van der Waals surface area contributed by atoms with Gasteiger partial charge in [0.1, 0.15) is 5.82 Å². The summed E-state index contributed by atoms with van der Waals surface area (Å²) >= 11 is 2.81. The van der Waals surface area contributed by atoms with Crippen LogP contribution in [0.3, 0.4) is 0 Å². The molecule has 0 saturated carbocycles. The number of amides is 1. The highest BCUT2D eigenvalue weighted by atomic mass is 79.9.